The summed E-state index contributed by atoms with van der Waals surface area (Å²) >= 11 is 0. The van der Waals surface area contributed by atoms with Gasteiger partial charge in [0.05, 0.1) is 5.41 Å². The Morgan fingerprint density at radius 1 is 1.12 bits per heavy atom. The van der Waals surface area contributed by atoms with Crippen molar-refractivity contribution in [2.75, 3.05) is 11.9 Å². The fourth-order valence-corrected chi connectivity index (χ4v) is 4.83. The number of ether oxygens (including phenoxy) is 1. The summed E-state index contributed by atoms with van der Waals surface area (Å²) in [6.07, 6.45) is 1.17. The maximum absolute atomic E-state index is 13.0. The van der Waals surface area contributed by atoms with Crippen LogP contribution in [0.1, 0.15) is 83.7 Å². The molecule has 1 fully saturated rings. The van der Waals surface area contributed by atoms with Gasteiger partial charge in [0, 0.05) is 36.3 Å². The first kappa shape index (κ1) is 25.7. The Kier molecular flexibility index (Phi) is 6.84. The van der Waals surface area contributed by atoms with Crippen LogP contribution in [0.5, 0.6) is 0 Å². The summed E-state index contributed by atoms with van der Waals surface area (Å²) in [5.41, 5.74) is 0.817. The summed E-state index contributed by atoms with van der Waals surface area (Å²) in [4.78, 5) is 51.1. The van der Waals surface area contributed by atoms with E-state index in [-0.39, 0.29) is 29.6 Å². The van der Waals surface area contributed by atoms with Crippen LogP contribution in [0.2, 0.25) is 0 Å². The number of carbonyl (C=O) groups is 4. The number of nitrogens with zero attached hydrogens (tertiary/aromatic N) is 1. The van der Waals surface area contributed by atoms with E-state index in [4.69, 9.17) is 4.74 Å². The molecule has 186 valence electrons. The molecule has 0 aliphatic carbocycles. The number of piperidine rings is 1. The molecule has 1 atom stereocenters. The molecule has 2 heterocycles. The van der Waals surface area contributed by atoms with E-state index in [1.807, 2.05) is 46.8 Å². The number of benzene rings is 1. The zero-order chi connectivity index (χ0) is 25.5. The van der Waals surface area contributed by atoms with Gasteiger partial charge in [0.25, 0.3) is 5.91 Å². The highest BCUT2D eigenvalue weighted by atomic mass is 16.6. The Balaban J connectivity index is 1.70. The molecule has 1 aromatic carbocycles. The van der Waals surface area contributed by atoms with Gasteiger partial charge >= 0.3 is 5.97 Å². The van der Waals surface area contributed by atoms with Crippen LogP contribution in [0, 0.1) is 10.8 Å². The van der Waals surface area contributed by atoms with Crippen LogP contribution in [-0.2, 0) is 25.7 Å². The number of rotatable bonds is 7. The van der Waals surface area contributed by atoms with Gasteiger partial charge in [-0.05, 0) is 65.0 Å². The Hall–Kier alpha value is -2.90. The van der Waals surface area contributed by atoms with Crippen molar-refractivity contribution in [2.24, 2.45) is 10.8 Å². The maximum Gasteiger partial charge on any atom is 0.312 e. The molecule has 1 unspecified atom stereocenters. The first-order valence-electron chi connectivity index (χ1n) is 11.8. The van der Waals surface area contributed by atoms with E-state index < -0.39 is 23.0 Å². The number of esters is 1. The molecule has 2 aliphatic heterocycles. The number of imide groups is 1. The Labute approximate surface area is 201 Å². The summed E-state index contributed by atoms with van der Waals surface area (Å²) in [7, 11) is 0. The van der Waals surface area contributed by atoms with E-state index in [1.165, 1.54) is 0 Å². The lowest BCUT2D eigenvalue weighted by Gasteiger charge is -2.35. The number of fused-ring (bicyclic) bond motifs is 1. The first-order valence-corrected chi connectivity index (χ1v) is 11.8. The second kappa shape index (κ2) is 9.04. The van der Waals surface area contributed by atoms with Crippen molar-refractivity contribution < 1.29 is 23.9 Å². The smallest absolute Gasteiger partial charge is 0.312 e. The van der Waals surface area contributed by atoms with Crippen LogP contribution >= 0.6 is 0 Å². The maximum atomic E-state index is 13.0. The molecule has 0 spiro atoms. The predicted molar refractivity (Wildman–Crippen MR) is 129 cm³/mol. The quantitative estimate of drug-likeness (QED) is 0.465. The van der Waals surface area contributed by atoms with Gasteiger partial charge in [0.2, 0.25) is 11.8 Å². The fourth-order valence-electron chi connectivity index (χ4n) is 4.83. The standard InChI is InChI=1S/C26H37N3O5/c1-24(2,3)34-23(33)26(6,7)14-25(4,5)15-27-18-10-8-9-16-17(18)13-29(22(16)32)19-11-12-20(30)28-21(19)31/h8-10,19,27H,11-15H2,1-7H3,(H,28,30,31). The molecule has 34 heavy (non-hydrogen) atoms. The van der Waals surface area contributed by atoms with Crippen molar-refractivity contribution in [2.45, 2.75) is 85.9 Å². The number of amides is 3. The minimum Gasteiger partial charge on any atom is -0.460 e. The van der Waals surface area contributed by atoms with Crippen LogP contribution in [0.15, 0.2) is 18.2 Å². The van der Waals surface area contributed by atoms with Crippen LogP contribution in [0.25, 0.3) is 0 Å². The number of carbonyl (C=O) groups excluding carboxylic acids is 4. The SMILES string of the molecule is CC(C)(CNc1cccc2c1CN(C1CCC(=O)NC1=O)C2=O)CC(C)(C)C(=O)OC(C)(C)C. The third-order valence-electron chi connectivity index (χ3n) is 6.21. The van der Waals surface area contributed by atoms with Crippen LogP contribution in [-0.4, -0.2) is 46.8 Å². The largest absolute Gasteiger partial charge is 0.460 e. The molecule has 3 amide bonds. The zero-order valence-corrected chi connectivity index (χ0v) is 21.3. The number of nitrogens with one attached hydrogen (secondary N) is 2. The van der Waals surface area contributed by atoms with Crippen molar-refractivity contribution in [3.05, 3.63) is 29.3 Å². The molecule has 3 rings (SSSR count). The lowest BCUT2D eigenvalue weighted by atomic mass is 9.75. The number of anilines is 1. The summed E-state index contributed by atoms with van der Waals surface area (Å²) < 4.78 is 5.61. The average Bonchev–Trinajstić information content (AvgIpc) is 3.01. The summed E-state index contributed by atoms with van der Waals surface area (Å²) in [6, 6.07) is 4.88. The Morgan fingerprint density at radius 3 is 2.41 bits per heavy atom. The molecule has 0 aromatic heterocycles. The molecule has 2 N–H and O–H groups in total. The highest BCUT2D eigenvalue weighted by Crippen LogP contribution is 2.37. The fraction of sp³-hybridized carbons (Fsp3) is 0.615. The molecule has 1 saturated heterocycles. The molecule has 8 nitrogen and oxygen atoms in total. The summed E-state index contributed by atoms with van der Waals surface area (Å²) in [5.74, 6) is -1.14. The van der Waals surface area contributed by atoms with Gasteiger partial charge in [0.15, 0.2) is 0 Å². The van der Waals surface area contributed by atoms with Crippen LogP contribution < -0.4 is 10.6 Å². The van der Waals surface area contributed by atoms with E-state index >= 15 is 0 Å². The molecule has 8 heteroatoms. The van der Waals surface area contributed by atoms with Gasteiger partial charge in [-0.1, -0.05) is 19.9 Å². The molecule has 0 bridgehead atoms. The van der Waals surface area contributed by atoms with Crippen LogP contribution in [0.3, 0.4) is 0 Å². The predicted octanol–water partition coefficient (Wildman–Crippen LogP) is 3.64. The van der Waals surface area contributed by atoms with E-state index in [9.17, 15) is 19.2 Å². The lowest BCUT2D eigenvalue weighted by molar-refractivity contribution is -0.167. The van der Waals surface area contributed by atoms with E-state index in [0.717, 1.165) is 11.3 Å². The number of hydrogen-bond donors (Lipinski definition) is 2. The second-order valence-corrected chi connectivity index (χ2v) is 11.8. The van der Waals surface area contributed by atoms with E-state index in [1.54, 1.807) is 11.0 Å². The van der Waals surface area contributed by atoms with E-state index in [2.05, 4.69) is 24.5 Å². The van der Waals surface area contributed by atoms with Gasteiger partial charge < -0.3 is 15.0 Å². The molecular weight excluding hydrogens is 434 g/mol. The van der Waals surface area contributed by atoms with Crippen molar-refractivity contribution in [3.8, 4) is 0 Å². The number of hydrogen-bond acceptors (Lipinski definition) is 6. The third-order valence-corrected chi connectivity index (χ3v) is 6.21. The van der Waals surface area contributed by atoms with Gasteiger partial charge in [-0.3, -0.25) is 24.5 Å². The Bertz CT molecular complexity index is 1010. The van der Waals surface area contributed by atoms with Gasteiger partial charge in [-0.15, -0.1) is 0 Å². The molecule has 0 saturated carbocycles. The minimum atomic E-state index is -0.657. The van der Waals surface area contributed by atoms with Crippen molar-refractivity contribution >= 4 is 29.4 Å². The highest BCUT2D eigenvalue weighted by Gasteiger charge is 2.41. The minimum absolute atomic E-state index is 0.196. The Morgan fingerprint density at radius 2 is 1.79 bits per heavy atom. The van der Waals surface area contributed by atoms with Crippen LogP contribution in [0.4, 0.5) is 5.69 Å². The van der Waals surface area contributed by atoms with Crippen molar-refractivity contribution in [3.63, 3.8) is 0 Å². The molecular formula is C26H37N3O5. The normalized spacial score (nSPS) is 19.1. The van der Waals surface area contributed by atoms with Crippen molar-refractivity contribution in [1.29, 1.82) is 0 Å². The van der Waals surface area contributed by atoms with Gasteiger partial charge in [-0.2, -0.15) is 0 Å². The zero-order valence-electron chi connectivity index (χ0n) is 21.3. The topological polar surface area (TPSA) is 105 Å². The molecule has 1 aromatic rings. The van der Waals surface area contributed by atoms with Crippen molar-refractivity contribution in [1.82, 2.24) is 10.2 Å². The summed E-state index contributed by atoms with van der Waals surface area (Å²) in [5, 5.41) is 5.80. The molecule has 2 aliphatic rings. The first-order chi connectivity index (χ1) is 15.6. The average molecular weight is 472 g/mol. The third kappa shape index (κ3) is 5.77. The second-order valence-electron chi connectivity index (χ2n) is 11.8. The highest BCUT2D eigenvalue weighted by molar-refractivity contribution is 6.06. The van der Waals surface area contributed by atoms with E-state index in [0.29, 0.717) is 31.5 Å². The van der Waals surface area contributed by atoms with Gasteiger partial charge in [0.1, 0.15) is 11.6 Å². The molecule has 0 radical (unpaired) electrons. The summed E-state index contributed by atoms with van der Waals surface area (Å²) in [6.45, 7) is 14.5. The van der Waals surface area contributed by atoms with Gasteiger partial charge in [-0.25, -0.2) is 0 Å². The lowest BCUT2D eigenvalue weighted by Crippen LogP contribution is -2.52. The monoisotopic (exact) mass is 471 g/mol.